The Labute approximate surface area is 195 Å². The van der Waals surface area contributed by atoms with Crippen molar-refractivity contribution in [2.45, 2.75) is 32.7 Å². The van der Waals surface area contributed by atoms with Crippen molar-refractivity contribution in [2.75, 3.05) is 18.4 Å². The summed E-state index contributed by atoms with van der Waals surface area (Å²) in [5.74, 6) is -0.0209. The number of hydrogen-bond acceptors (Lipinski definition) is 6. The molecule has 1 N–H and O–H groups in total. The minimum absolute atomic E-state index is 0.00950. The standard InChI is InChI=1S/C25H25FN4O2S/c1-15-6-5-13-30(20(15)14-27-25-29-19-7-3-4-8-21(19)32-25)24(31)23-22(28-16(2)33-23)17-9-11-18(26)12-10-17/h3-4,7-12,15,20H,5-6,13-14H2,1-2H3,(H,27,29). The van der Waals surface area contributed by atoms with E-state index in [1.54, 1.807) is 12.1 Å². The highest BCUT2D eigenvalue weighted by Gasteiger charge is 2.34. The number of aromatic nitrogens is 2. The van der Waals surface area contributed by atoms with Gasteiger partial charge in [0.1, 0.15) is 16.2 Å². The normalized spacial score (nSPS) is 18.6. The van der Waals surface area contributed by atoms with Gasteiger partial charge in [0.05, 0.1) is 16.7 Å². The first-order valence-corrected chi connectivity index (χ1v) is 11.9. The van der Waals surface area contributed by atoms with Gasteiger partial charge in [-0.25, -0.2) is 9.37 Å². The largest absolute Gasteiger partial charge is 0.424 e. The quantitative estimate of drug-likeness (QED) is 0.407. The molecular formula is C25H25FN4O2S. The van der Waals surface area contributed by atoms with E-state index in [0.717, 1.165) is 34.5 Å². The fourth-order valence-corrected chi connectivity index (χ4v) is 5.36. The highest BCUT2D eigenvalue weighted by atomic mass is 32.1. The number of fused-ring (bicyclic) bond motifs is 1. The summed E-state index contributed by atoms with van der Waals surface area (Å²) in [5, 5.41) is 4.11. The molecule has 0 saturated carbocycles. The number of amides is 1. The highest BCUT2D eigenvalue weighted by molar-refractivity contribution is 7.14. The number of benzene rings is 2. The smallest absolute Gasteiger partial charge is 0.295 e. The number of rotatable bonds is 5. The summed E-state index contributed by atoms with van der Waals surface area (Å²) < 4.78 is 19.2. The van der Waals surface area contributed by atoms with E-state index in [4.69, 9.17) is 4.42 Å². The van der Waals surface area contributed by atoms with Crippen LogP contribution in [0.5, 0.6) is 0 Å². The van der Waals surface area contributed by atoms with Crippen molar-refractivity contribution in [1.82, 2.24) is 14.9 Å². The average molecular weight is 465 g/mol. The van der Waals surface area contributed by atoms with Crippen molar-refractivity contribution < 1.29 is 13.6 Å². The van der Waals surface area contributed by atoms with Crippen LogP contribution >= 0.6 is 11.3 Å². The number of piperidine rings is 1. The molecule has 170 valence electrons. The van der Waals surface area contributed by atoms with Crippen LogP contribution in [0.2, 0.25) is 0 Å². The Morgan fingerprint density at radius 1 is 1.21 bits per heavy atom. The van der Waals surface area contributed by atoms with Crippen LogP contribution in [-0.2, 0) is 0 Å². The molecule has 1 amide bonds. The van der Waals surface area contributed by atoms with Crippen LogP contribution in [-0.4, -0.2) is 39.9 Å². The predicted molar refractivity (Wildman–Crippen MR) is 128 cm³/mol. The van der Waals surface area contributed by atoms with Crippen molar-refractivity contribution in [1.29, 1.82) is 0 Å². The van der Waals surface area contributed by atoms with Crippen LogP contribution in [0, 0.1) is 18.7 Å². The second-order valence-electron chi connectivity index (χ2n) is 8.47. The van der Waals surface area contributed by atoms with E-state index in [1.807, 2.05) is 36.1 Å². The monoisotopic (exact) mass is 464 g/mol. The van der Waals surface area contributed by atoms with Gasteiger partial charge in [0.15, 0.2) is 5.58 Å². The third-order valence-electron chi connectivity index (χ3n) is 6.18. The fourth-order valence-electron chi connectivity index (χ4n) is 4.46. The molecule has 0 radical (unpaired) electrons. The van der Waals surface area contributed by atoms with Crippen molar-refractivity contribution in [3.05, 3.63) is 64.2 Å². The lowest BCUT2D eigenvalue weighted by Crippen LogP contribution is -2.51. The summed E-state index contributed by atoms with van der Waals surface area (Å²) in [5.41, 5.74) is 2.89. The maximum absolute atomic E-state index is 13.7. The van der Waals surface area contributed by atoms with Gasteiger partial charge in [-0.05, 0) is 62.1 Å². The molecule has 4 aromatic rings. The maximum Gasteiger partial charge on any atom is 0.295 e. The van der Waals surface area contributed by atoms with Gasteiger partial charge in [-0.15, -0.1) is 11.3 Å². The first-order valence-electron chi connectivity index (χ1n) is 11.1. The Bertz CT molecular complexity index is 1250. The number of carbonyl (C=O) groups is 1. The van der Waals surface area contributed by atoms with Crippen molar-refractivity contribution in [2.24, 2.45) is 5.92 Å². The molecule has 8 heteroatoms. The zero-order valence-electron chi connectivity index (χ0n) is 18.5. The lowest BCUT2D eigenvalue weighted by atomic mass is 9.90. The summed E-state index contributed by atoms with van der Waals surface area (Å²) in [4.78, 5) is 25.4. The van der Waals surface area contributed by atoms with Gasteiger partial charge >= 0.3 is 0 Å². The van der Waals surface area contributed by atoms with E-state index in [-0.39, 0.29) is 17.8 Å². The third-order valence-corrected chi connectivity index (χ3v) is 7.14. The van der Waals surface area contributed by atoms with Crippen LogP contribution < -0.4 is 5.32 Å². The van der Waals surface area contributed by atoms with E-state index < -0.39 is 0 Å². The number of hydrogen-bond donors (Lipinski definition) is 1. The molecule has 2 atom stereocenters. The number of carbonyl (C=O) groups excluding carboxylic acids is 1. The lowest BCUT2D eigenvalue weighted by molar-refractivity contribution is 0.0544. The number of likely N-dealkylation sites (tertiary alicyclic amines) is 1. The average Bonchev–Trinajstić information content (AvgIpc) is 3.41. The predicted octanol–water partition coefficient (Wildman–Crippen LogP) is 5.75. The summed E-state index contributed by atoms with van der Waals surface area (Å²) in [7, 11) is 0. The highest BCUT2D eigenvalue weighted by Crippen LogP contribution is 2.33. The fraction of sp³-hybridized carbons (Fsp3) is 0.320. The lowest BCUT2D eigenvalue weighted by Gasteiger charge is -2.40. The summed E-state index contributed by atoms with van der Waals surface area (Å²) in [6.45, 7) is 5.29. The Kier molecular flexibility index (Phi) is 5.85. The topological polar surface area (TPSA) is 71.3 Å². The number of halogens is 1. The molecule has 1 fully saturated rings. The molecule has 3 heterocycles. The van der Waals surface area contributed by atoms with E-state index in [0.29, 0.717) is 35.6 Å². The molecule has 1 aliphatic rings. The van der Waals surface area contributed by atoms with Gasteiger partial charge in [0.2, 0.25) is 0 Å². The number of nitrogens with one attached hydrogen (secondary N) is 1. The molecule has 6 nitrogen and oxygen atoms in total. The number of anilines is 1. The molecule has 33 heavy (non-hydrogen) atoms. The van der Waals surface area contributed by atoms with Crippen molar-refractivity contribution in [3.63, 3.8) is 0 Å². The Morgan fingerprint density at radius 2 is 2.00 bits per heavy atom. The van der Waals surface area contributed by atoms with Gasteiger partial charge in [-0.3, -0.25) is 4.79 Å². The SMILES string of the molecule is Cc1nc(-c2ccc(F)cc2)c(C(=O)N2CCCC(C)C2CNc2nc3ccccc3o2)s1. The van der Waals surface area contributed by atoms with Crippen LogP contribution in [0.1, 0.15) is 34.4 Å². The number of para-hydroxylation sites is 2. The zero-order valence-corrected chi connectivity index (χ0v) is 19.4. The minimum Gasteiger partial charge on any atom is -0.424 e. The summed E-state index contributed by atoms with van der Waals surface area (Å²) in [6.07, 6.45) is 2.01. The second-order valence-corrected chi connectivity index (χ2v) is 9.67. The van der Waals surface area contributed by atoms with E-state index in [1.165, 1.54) is 23.5 Å². The molecule has 2 aromatic carbocycles. The van der Waals surface area contributed by atoms with E-state index in [9.17, 15) is 9.18 Å². The molecule has 5 rings (SSSR count). The molecule has 0 spiro atoms. The van der Waals surface area contributed by atoms with Crippen LogP contribution in [0.4, 0.5) is 10.4 Å². The van der Waals surface area contributed by atoms with Gasteiger partial charge in [-0.1, -0.05) is 19.1 Å². The van der Waals surface area contributed by atoms with Gasteiger partial charge in [0, 0.05) is 18.7 Å². The number of oxazole rings is 1. The van der Waals surface area contributed by atoms with Crippen LogP contribution in [0.25, 0.3) is 22.4 Å². The Morgan fingerprint density at radius 3 is 2.79 bits per heavy atom. The molecular weight excluding hydrogens is 439 g/mol. The summed E-state index contributed by atoms with van der Waals surface area (Å²) in [6, 6.07) is 14.2. The molecule has 2 unspecified atom stereocenters. The minimum atomic E-state index is -0.311. The number of aryl methyl sites for hydroxylation is 1. The van der Waals surface area contributed by atoms with Crippen molar-refractivity contribution >= 4 is 34.4 Å². The van der Waals surface area contributed by atoms with E-state index >= 15 is 0 Å². The molecule has 0 bridgehead atoms. The second kappa shape index (κ2) is 8.94. The molecule has 1 aliphatic heterocycles. The summed E-state index contributed by atoms with van der Waals surface area (Å²) >= 11 is 1.39. The number of thiazole rings is 1. The van der Waals surface area contributed by atoms with E-state index in [2.05, 4.69) is 22.2 Å². The zero-order chi connectivity index (χ0) is 22.9. The third kappa shape index (κ3) is 4.35. The molecule has 0 aliphatic carbocycles. The number of nitrogens with zero attached hydrogens (tertiary/aromatic N) is 3. The maximum atomic E-state index is 13.7. The van der Waals surface area contributed by atoms with Gasteiger partial charge in [-0.2, -0.15) is 4.98 Å². The van der Waals surface area contributed by atoms with Gasteiger partial charge < -0.3 is 14.6 Å². The Hall–Kier alpha value is -3.26. The van der Waals surface area contributed by atoms with Gasteiger partial charge in [0.25, 0.3) is 11.9 Å². The molecule has 2 aromatic heterocycles. The van der Waals surface area contributed by atoms with Crippen LogP contribution in [0.15, 0.2) is 52.9 Å². The van der Waals surface area contributed by atoms with Crippen LogP contribution in [0.3, 0.4) is 0 Å². The molecule has 1 saturated heterocycles. The first kappa shape index (κ1) is 21.6. The first-order chi connectivity index (χ1) is 16.0. The van der Waals surface area contributed by atoms with Crippen molar-refractivity contribution in [3.8, 4) is 11.3 Å². The Balaban J connectivity index is 1.39.